The first-order chi connectivity index (χ1) is 11.6. The lowest BCUT2D eigenvalue weighted by atomic mass is 9.49. The van der Waals surface area contributed by atoms with Crippen LogP contribution in [0.3, 0.4) is 0 Å². The van der Waals surface area contributed by atoms with Gasteiger partial charge in [0.25, 0.3) is 0 Å². The van der Waals surface area contributed by atoms with E-state index in [-0.39, 0.29) is 11.5 Å². The summed E-state index contributed by atoms with van der Waals surface area (Å²) in [6.07, 6.45) is 9.80. The van der Waals surface area contributed by atoms with Crippen LogP contribution in [0, 0.1) is 23.2 Å². The van der Waals surface area contributed by atoms with Gasteiger partial charge < -0.3 is 4.90 Å². The number of halogens is 1. The Labute approximate surface area is 149 Å². The van der Waals surface area contributed by atoms with Crippen molar-refractivity contribution in [1.29, 1.82) is 0 Å². The van der Waals surface area contributed by atoms with Crippen LogP contribution in [0.4, 0.5) is 0 Å². The molecule has 0 N–H and O–H groups in total. The Bertz CT molecular complexity index is 634. The number of hydrogen-bond donors (Lipinski definition) is 0. The fraction of sp³-hybridized carbons (Fsp3) is 0.667. The van der Waals surface area contributed by atoms with Crippen molar-refractivity contribution in [2.24, 2.45) is 23.2 Å². The average molecular weight is 344 g/mol. The zero-order valence-electron chi connectivity index (χ0n) is 14.2. The van der Waals surface area contributed by atoms with Crippen LogP contribution in [0.2, 0.25) is 5.02 Å². The van der Waals surface area contributed by atoms with Gasteiger partial charge in [-0.1, -0.05) is 29.8 Å². The van der Waals surface area contributed by atoms with Crippen molar-refractivity contribution in [1.82, 2.24) is 4.90 Å². The van der Waals surface area contributed by atoms with E-state index in [9.17, 15) is 4.79 Å². The van der Waals surface area contributed by atoms with Crippen molar-refractivity contribution < 1.29 is 4.79 Å². The van der Waals surface area contributed by atoms with Crippen molar-refractivity contribution in [2.75, 3.05) is 6.54 Å². The Morgan fingerprint density at radius 3 is 2.29 bits per heavy atom. The van der Waals surface area contributed by atoms with Gasteiger partial charge in [-0.15, -0.1) is 0 Å². The van der Waals surface area contributed by atoms with Gasteiger partial charge in [-0.2, -0.15) is 0 Å². The number of hydrogen-bond acceptors (Lipinski definition) is 1. The van der Waals surface area contributed by atoms with Crippen molar-refractivity contribution in [3.8, 4) is 0 Å². The Kier molecular flexibility index (Phi) is 3.49. The van der Waals surface area contributed by atoms with Crippen LogP contribution in [0.5, 0.6) is 0 Å². The summed E-state index contributed by atoms with van der Waals surface area (Å²) in [5, 5.41) is 0.813. The standard InChI is InChI=1S/C21H26ClNO/c22-18-5-2-1-4-17(18)19-6-3-7-23(19)20(24)21-11-14-8-15(12-21)10-16(9-14)13-21/h1-2,4-5,14-16,19H,3,6-13H2/t14?,15?,16?,19-,21?/m0/s1. The molecule has 4 saturated carbocycles. The lowest BCUT2D eigenvalue weighted by molar-refractivity contribution is -0.158. The van der Waals surface area contributed by atoms with Gasteiger partial charge in [0.05, 0.1) is 11.5 Å². The molecule has 128 valence electrons. The number of amides is 1. The minimum atomic E-state index is -0.0292. The topological polar surface area (TPSA) is 20.3 Å². The van der Waals surface area contributed by atoms with E-state index in [1.165, 1.54) is 19.3 Å². The molecule has 5 fully saturated rings. The van der Waals surface area contributed by atoms with Gasteiger partial charge in [0.1, 0.15) is 0 Å². The molecule has 0 aromatic heterocycles. The first-order valence-corrected chi connectivity index (χ1v) is 10.1. The molecular weight excluding hydrogens is 318 g/mol. The Morgan fingerprint density at radius 1 is 1.04 bits per heavy atom. The SMILES string of the molecule is O=C(N1CCC[C@H]1c1ccccc1Cl)C12CC3CC(CC(C3)C1)C2. The molecule has 1 amide bonds. The molecule has 1 aromatic rings. The van der Waals surface area contributed by atoms with Crippen LogP contribution >= 0.6 is 11.6 Å². The molecule has 0 spiro atoms. The summed E-state index contributed by atoms with van der Waals surface area (Å²) >= 11 is 6.46. The fourth-order valence-corrected chi connectivity index (χ4v) is 7.02. The van der Waals surface area contributed by atoms with Gasteiger partial charge in [-0.3, -0.25) is 4.79 Å². The summed E-state index contributed by atoms with van der Waals surface area (Å²) < 4.78 is 0. The normalized spacial score (nSPS) is 40.3. The Balaban J connectivity index is 1.45. The molecule has 1 aliphatic heterocycles. The van der Waals surface area contributed by atoms with Crippen LogP contribution in [-0.4, -0.2) is 17.4 Å². The van der Waals surface area contributed by atoms with E-state index in [0.29, 0.717) is 5.91 Å². The summed E-state index contributed by atoms with van der Waals surface area (Å²) in [5.74, 6) is 2.92. The molecule has 4 aliphatic carbocycles. The molecule has 24 heavy (non-hydrogen) atoms. The number of rotatable bonds is 2. The third kappa shape index (κ3) is 2.25. The number of nitrogens with zero attached hydrogens (tertiary/aromatic N) is 1. The van der Waals surface area contributed by atoms with Crippen molar-refractivity contribution in [3.63, 3.8) is 0 Å². The quantitative estimate of drug-likeness (QED) is 0.720. The third-order valence-electron chi connectivity index (χ3n) is 7.27. The van der Waals surface area contributed by atoms with Crippen LogP contribution in [0.25, 0.3) is 0 Å². The first kappa shape index (κ1) is 15.3. The predicted molar refractivity (Wildman–Crippen MR) is 95.7 cm³/mol. The molecule has 2 nitrogen and oxygen atoms in total. The molecule has 1 aromatic carbocycles. The van der Waals surface area contributed by atoms with Crippen molar-refractivity contribution in [2.45, 2.75) is 57.4 Å². The maximum atomic E-state index is 13.7. The maximum absolute atomic E-state index is 13.7. The summed E-state index contributed by atoms with van der Waals surface area (Å²) in [5.41, 5.74) is 1.12. The van der Waals surface area contributed by atoms with Gasteiger partial charge in [0.2, 0.25) is 5.91 Å². The maximum Gasteiger partial charge on any atom is 0.229 e. The minimum Gasteiger partial charge on any atom is -0.335 e. The highest BCUT2D eigenvalue weighted by Crippen LogP contribution is 2.61. The molecule has 0 unspecified atom stereocenters. The van der Waals surface area contributed by atoms with Gasteiger partial charge in [-0.25, -0.2) is 0 Å². The highest BCUT2D eigenvalue weighted by atomic mass is 35.5. The second-order valence-corrected chi connectivity index (χ2v) is 9.28. The van der Waals surface area contributed by atoms with Crippen LogP contribution in [0.1, 0.15) is 63.0 Å². The van der Waals surface area contributed by atoms with Gasteiger partial charge in [0.15, 0.2) is 0 Å². The van der Waals surface area contributed by atoms with E-state index in [1.807, 2.05) is 18.2 Å². The van der Waals surface area contributed by atoms with E-state index in [4.69, 9.17) is 11.6 Å². The number of likely N-dealkylation sites (tertiary alicyclic amines) is 1. The number of carbonyl (C=O) groups is 1. The van der Waals surface area contributed by atoms with Crippen LogP contribution in [0.15, 0.2) is 24.3 Å². The smallest absolute Gasteiger partial charge is 0.229 e. The third-order valence-corrected chi connectivity index (χ3v) is 7.61. The Morgan fingerprint density at radius 2 is 1.67 bits per heavy atom. The zero-order chi connectivity index (χ0) is 16.3. The monoisotopic (exact) mass is 343 g/mol. The first-order valence-electron chi connectivity index (χ1n) is 9.70. The van der Waals surface area contributed by atoms with Crippen LogP contribution in [-0.2, 0) is 4.79 Å². The second-order valence-electron chi connectivity index (χ2n) is 8.88. The molecular formula is C21H26ClNO. The fourth-order valence-electron chi connectivity index (χ4n) is 6.76. The molecule has 5 aliphatic rings. The molecule has 1 heterocycles. The van der Waals surface area contributed by atoms with Gasteiger partial charge in [-0.05, 0) is 80.8 Å². The number of benzene rings is 1. The molecule has 1 atom stereocenters. The highest BCUT2D eigenvalue weighted by Gasteiger charge is 2.56. The zero-order valence-corrected chi connectivity index (χ0v) is 15.0. The number of carbonyl (C=O) groups excluding carboxylic acids is 1. The van der Waals surface area contributed by atoms with E-state index in [2.05, 4.69) is 11.0 Å². The van der Waals surface area contributed by atoms with Crippen LogP contribution < -0.4 is 0 Å². The second kappa shape index (κ2) is 5.49. The lowest BCUT2D eigenvalue weighted by Gasteiger charge is -2.56. The van der Waals surface area contributed by atoms with Gasteiger partial charge >= 0.3 is 0 Å². The largest absolute Gasteiger partial charge is 0.335 e. The summed E-state index contributed by atoms with van der Waals surface area (Å²) in [7, 11) is 0. The van der Waals surface area contributed by atoms with Crippen molar-refractivity contribution >= 4 is 17.5 Å². The molecule has 6 rings (SSSR count). The van der Waals surface area contributed by atoms with Crippen molar-refractivity contribution in [3.05, 3.63) is 34.9 Å². The van der Waals surface area contributed by atoms with E-state index in [0.717, 1.165) is 67.0 Å². The van der Waals surface area contributed by atoms with E-state index < -0.39 is 0 Å². The summed E-state index contributed by atoms with van der Waals surface area (Å²) in [4.78, 5) is 15.9. The molecule has 1 saturated heterocycles. The van der Waals surface area contributed by atoms with E-state index >= 15 is 0 Å². The summed E-state index contributed by atoms with van der Waals surface area (Å²) in [6.45, 7) is 0.913. The Hall–Kier alpha value is -1.02. The lowest BCUT2D eigenvalue weighted by Crippen LogP contribution is -2.54. The molecule has 0 radical (unpaired) electrons. The molecule has 3 heteroatoms. The van der Waals surface area contributed by atoms with Gasteiger partial charge in [0, 0.05) is 11.6 Å². The molecule has 4 bridgehead atoms. The average Bonchev–Trinajstić information content (AvgIpc) is 3.02. The highest BCUT2D eigenvalue weighted by molar-refractivity contribution is 6.31. The predicted octanol–water partition coefficient (Wildman–Crippen LogP) is 5.22. The summed E-state index contributed by atoms with van der Waals surface area (Å²) in [6, 6.07) is 8.29. The van der Waals surface area contributed by atoms with E-state index in [1.54, 1.807) is 0 Å². The minimum absolute atomic E-state index is 0.0292.